The second-order valence-electron chi connectivity index (χ2n) is 6.39. The molecule has 3 rings (SSSR count). The van der Waals surface area contributed by atoms with E-state index in [1.54, 1.807) is 12.1 Å². The highest BCUT2D eigenvalue weighted by atomic mass is 16.5. The average molecular weight is 388 g/mol. The van der Waals surface area contributed by atoms with Crippen LogP contribution < -0.4 is 14.9 Å². The number of carbonyl (C=O) groups excluding carboxylic acids is 1. The summed E-state index contributed by atoms with van der Waals surface area (Å²) in [5.41, 5.74) is 5.83. The van der Waals surface area contributed by atoms with Crippen LogP contribution in [-0.2, 0) is 6.61 Å². The van der Waals surface area contributed by atoms with Gasteiger partial charge in [-0.1, -0.05) is 42.5 Å². The molecule has 3 aromatic carbocycles. The van der Waals surface area contributed by atoms with Crippen LogP contribution in [0.4, 0.5) is 0 Å². The Morgan fingerprint density at radius 3 is 2.07 bits per heavy atom. The van der Waals surface area contributed by atoms with Crippen molar-refractivity contribution in [2.45, 2.75) is 20.5 Å². The van der Waals surface area contributed by atoms with Crippen LogP contribution in [0, 0.1) is 0 Å². The van der Waals surface area contributed by atoms with Crippen molar-refractivity contribution >= 4 is 11.6 Å². The number of benzene rings is 3. The zero-order chi connectivity index (χ0) is 20.5. The van der Waals surface area contributed by atoms with Gasteiger partial charge in [-0.15, -0.1) is 0 Å². The SMILES string of the molecule is CCOc1ccc(OCc2ccc(C(=O)N/N=C(/C)c3ccccc3)cc2)cc1. The van der Waals surface area contributed by atoms with E-state index in [0.717, 1.165) is 28.3 Å². The van der Waals surface area contributed by atoms with Crippen LogP contribution in [0.15, 0.2) is 84.0 Å². The Labute approximate surface area is 171 Å². The molecule has 0 unspecified atom stereocenters. The first-order valence-electron chi connectivity index (χ1n) is 9.50. The molecule has 0 spiro atoms. The summed E-state index contributed by atoms with van der Waals surface area (Å²) in [4.78, 5) is 12.3. The molecule has 0 aliphatic carbocycles. The maximum Gasteiger partial charge on any atom is 0.271 e. The number of hydrazone groups is 1. The highest BCUT2D eigenvalue weighted by Gasteiger charge is 2.06. The molecule has 5 heteroatoms. The molecular weight excluding hydrogens is 364 g/mol. The molecule has 0 atom stereocenters. The molecule has 3 aromatic rings. The fourth-order valence-electron chi connectivity index (χ4n) is 2.66. The van der Waals surface area contributed by atoms with Gasteiger partial charge in [-0.3, -0.25) is 4.79 Å². The Kier molecular flexibility index (Phi) is 7.00. The molecule has 0 heterocycles. The minimum absolute atomic E-state index is 0.251. The third kappa shape index (κ3) is 5.94. The van der Waals surface area contributed by atoms with E-state index in [4.69, 9.17) is 9.47 Å². The molecule has 0 saturated carbocycles. The lowest BCUT2D eigenvalue weighted by molar-refractivity contribution is 0.0955. The summed E-state index contributed by atoms with van der Waals surface area (Å²) in [6.45, 7) is 4.86. The maximum absolute atomic E-state index is 12.3. The van der Waals surface area contributed by atoms with Crippen molar-refractivity contribution in [3.63, 3.8) is 0 Å². The van der Waals surface area contributed by atoms with E-state index in [0.29, 0.717) is 18.8 Å². The largest absolute Gasteiger partial charge is 0.494 e. The molecule has 148 valence electrons. The van der Waals surface area contributed by atoms with Gasteiger partial charge in [0.05, 0.1) is 12.3 Å². The molecule has 0 aromatic heterocycles. The van der Waals surface area contributed by atoms with E-state index in [1.165, 1.54) is 0 Å². The fourth-order valence-corrected chi connectivity index (χ4v) is 2.66. The monoisotopic (exact) mass is 388 g/mol. The molecule has 0 aliphatic heterocycles. The van der Waals surface area contributed by atoms with Gasteiger partial charge in [0, 0.05) is 5.56 Å². The van der Waals surface area contributed by atoms with Crippen LogP contribution >= 0.6 is 0 Å². The van der Waals surface area contributed by atoms with Gasteiger partial charge in [0.15, 0.2) is 0 Å². The molecule has 0 bridgehead atoms. The molecule has 0 radical (unpaired) electrons. The lowest BCUT2D eigenvalue weighted by Crippen LogP contribution is -2.19. The van der Waals surface area contributed by atoms with Crippen LogP contribution in [0.1, 0.15) is 35.3 Å². The van der Waals surface area contributed by atoms with Crippen LogP contribution in [0.25, 0.3) is 0 Å². The smallest absolute Gasteiger partial charge is 0.271 e. The summed E-state index contributed by atoms with van der Waals surface area (Å²) >= 11 is 0. The number of carbonyl (C=O) groups is 1. The van der Waals surface area contributed by atoms with Gasteiger partial charge in [0.25, 0.3) is 5.91 Å². The van der Waals surface area contributed by atoms with Crippen molar-refractivity contribution in [3.05, 3.63) is 95.6 Å². The number of nitrogens with zero attached hydrogens (tertiary/aromatic N) is 1. The van der Waals surface area contributed by atoms with Crippen LogP contribution in [0.2, 0.25) is 0 Å². The molecule has 1 N–H and O–H groups in total. The van der Waals surface area contributed by atoms with Crippen LogP contribution in [0.5, 0.6) is 11.5 Å². The molecule has 29 heavy (non-hydrogen) atoms. The van der Waals surface area contributed by atoms with Crippen LogP contribution in [-0.4, -0.2) is 18.2 Å². The van der Waals surface area contributed by atoms with E-state index >= 15 is 0 Å². The first-order chi connectivity index (χ1) is 14.2. The van der Waals surface area contributed by atoms with E-state index in [9.17, 15) is 4.79 Å². The Balaban J connectivity index is 1.53. The standard InChI is InChI=1S/C24H24N2O3/c1-3-28-22-13-15-23(16-14-22)29-17-19-9-11-21(12-10-19)24(27)26-25-18(2)20-7-5-4-6-8-20/h4-16H,3,17H2,1-2H3,(H,26,27)/b25-18-. The van der Waals surface area contributed by atoms with E-state index in [-0.39, 0.29) is 5.91 Å². The van der Waals surface area contributed by atoms with Crippen molar-refractivity contribution in [1.82, 2.24) is 5.43 Å². The van der Waals surface area contributed by atoms with Gasteiger partial charge in [-0.25, -0.2) is 5.43 Å². The summed E-state index contributed by atoms with van der Waals surface area (Å²) in [5, 5.41) is 4.17. The average Bonchev–Trinajstić information content (AvgIpc) is 2.78. The Morgan fingerprint density at radius 1 is 0.828 bits per heavy atom. The molecule has 5 nitrogen and oxygen atoms in total. The maximum atomic E-state index is 12.3. The Hall–Kier alpha value is -3.60. The number of amides is 1. The predicted octanol–water partition coefficient (Wildman–Crippen LogP) is 4.82. The minimum Gasteiger partial charge on any atom is -0.494 e. The molecule has 1 amide bonds. The minimum atomic E-state index is -0.251. The molecule has 0 aliphatic rings. The number of nitrogens with one attached hydrogen (secondary N) is 1. The highest BCUT2D eigenvalue weighted by molar-refractivity contribution is 6.00. The molecule has 0 fully saturated rings. The van der Waals surface area contributed by atoms with Crippen molar-refractivity contribution in [1.29, 1.82) is 0 Å². The quantitative estimate of drug-likeness (QED) is 0.445. The van der Waals surface area contributed by atoms with Crippen molar-refractivity contribution in [3.8, 4) is 11.5 Å². The Bertz CT molecular complexity index is 950. The summed E-state index contributed by atoms with van der Waals surface area (Å²) in [5.74, 6) is 1.33. The zero-order valence-electron chi connectivity index (χ0n) is 16.6. The summed E-state index contributed by atoms with van der Waals surface area (Å²) < 4.78 is 11.2. The van der Waals surface area contributed by atoms with E-state index in [2.05, 4.69) is 10.5 Å². The third-order valence-electron chi connectivity index (χ3n) is 4.27. The number of hydrogen-bond acceptors (Lipinski definition) is 4. The highest BCUT2D eigenvalue weighted by Crippen LogP contribution is 2.18. The fraction of sp³-hybridized carbons (Fsp3) is 0.167. The van der Waals surface area contributed by atoms with Gasteiger partial charge < -0.3 is 9.47 Å². The van der Waals surface area contributed by atoms with Gasteiger partial charge in [0.2, 0.25) is 0 Å². The first-order valence-corrected chi connectivity index (χ1v) is 9.50. The summed E-state index contributed by atoms with van der Waals surface area (Å²) in [6.07, 6.45) is 0. The van der Waals surface area contributed by atoms with Crippen LogP contribution in [0.3, 0.4) is 0 Å². The van der Waals surface area contributed by atoms with Gasteiger partial charge in [0.1, 0.15) is 18.1 Å². The lowest BCUT2D eigenvalue weighted by Gasteiger charge is -2.08. The summed E-state index contributed by atoms with van der Waals surface area (Å²) in [7, 11) is 0. The molecular formula is C24H24N2O3. The lowest BCUT2D eigenvalue weighted by atomic mass is 10.1. The normalized spacial score (nSPS) is 11.0. The van der Waals surface area contributed by atoms with Gasteiger partial charge >= 0.3 is 0 Å². The third-order valence-corrected chi connectivity index (χ3v) is 4.27. The number of hydrogen-bond donors (Lipinski definition) is 1. The van der Waals surface area contributed by atoms with Crippen molar-refractivity contribution in [2.24, 2.45) is 5.10 Å². The van der Waals surface area contributed by atoms with E-state index in [1.807, 2.05) is 80.6 Å². The first kappa shape index (κ1) is 20.1. The van der Waals surface area contributed by atoms with Gasteiger partial charge in [-0.2, -0.15) is 5.10 Å². The second kappa shape index (κ2) is 10.1. The zero-order valence-corrected chi connectivity index (χ0v) is 16.6. The van der Waals surface area contributed by atoms with Crippen molar-refractivity contribution < 1.29 is 14.3 Å². The van der Waals surface area contributed by atoms with Crippen molar-refractivity contribution in [2.75, 3.05) is 6.61 Å². The van der Waals surface area contributed by atoms with E-state index < -0.39 is 0 Å². The topological polar surface area (TPSA) is 59.9 Å². The Morgan fingerprint density at radius 2 is 1.45 bits per heavy atom. The molecule has 0 saturated heterocycles. The summed E-state index contributed by atoms with van der Waals surface area (Å²) in [6, 6.07) is 24.5. The van der Waals surface area contributed by atoms with Gasteiger partial charge in [-0.05, 0) is 61.4 Å². The number of rotatable bonds is 8. The number of ether oxygens (including phenoxy) is 2. The second-order valence-corrected chi connectivity index (χ2v) is 6.39. The predicted molar refractivity (Wildman–Crippen MR) is 115 cm³/mol.